The van der Waals surface area contributed by atoms with Gasteiger partial charge in [0.2, 0.25) is 5.95 Å². The molecule has 0 aliphatic rings. The van der Waals surface area contributed by atoms with Crippen LogP contribution >= 0.6 is 0 Å². The molecule has 0 saturated heterocycles. The third-order valence-electron chi connectivity index (χ3n) is 2.23. The molecule has 4 nitrogen and oxygen atoms in total. The first-order chi connectivity index (χ1) is 7.24. The Morgan fingerprint density at radius 1 is 1.20 bits per heavy atom. The first-order valence-electron chi connectivity index (χ1n) is 5.44. The predicted molar refractivity (Wildman–Crippen MR) is 63.2 cm³/mol. The van der Waals surface area contributed by atoms with E-state index in [2.05, 4.69) is 34.4 Å². The summed E-state index contributed by atoms with van der Waals surface area (Å²) >= 11 is 0. The number of hydrogen-bond acceptors (Lipinski definition) is 4. The summed E-state index contributed by atoms with van der Waals surface area (Å²) in [5.74, 6) is 1.21. The highest BCUT2D eigenvalue weighted by molar-refractivity contribution is 5.25. The number of aromatic nitrogens is 2. The quantitative estimate of drug-likeness (QED) is 0.697. The highest BCUT2D eigenvalue weighted by Crippen LogP contribution is 2.11. The second-order valence-electron chi connectivity index (χ2n) is 3.88. The van der Waals surface area contributed by atoms with Crippen LogP contribution in [0.5, 0.6) is 0 Å². The van der Waals surface area contributed by atoms with Crippen molar-refractivity contribution in [1.82, 2.24) is 15.3 Å². The lowest BCUT2D eigenvalue weighted by molar-refractivity contribution is 0.744. The van der Waals surface area contributed by atoms with E-state index in [1.165, 1.54) is 5.56 Å². The van der Waals surface area contributed by atoms with Gasteiger partial charge in [-0.1, -0.05) is 13.8 Å². The topological polar surface area (TPSA) is 49.8 Å². The van der Waals surface area contributed by atoms with E-state index in [1.807, 2.05) is 19.4 Å². The number of rotatable bonds is 6. The molecule has 0 aromatic carbocycles. The van der Waals surface area contributed by atoms with Gasteiger partial charge in [0, 0.05) is 18.9 Å². The molecule has 0 spiro atoms. The van der Waals surface area contributed by atoms with E-state index in [0.29, 0.717) is 5.92 Å². The zero-order valence-corrected chi connectivity index (χ0v) is 9.75. The molecule has 1 aromatic rings. The lowest BCUT2D eigenvalue weighted by Gasteiger charge is -2.06. The zero-order valence-electron chi connectivity index (χ0n) is 9.75. The summed E-state index contributed by atoms with van der Waals surface area (Å²) in [5.41, 5.74) is 1.18. The molecule has 1 heterocycles. The molecule has 1 aromatic heterocycles. The highest BCUT2D eigenvalue weighted by Gasteiger charge is 2.00. The van der Waals surface area contributed by atoms with Gasteiger partial charge in [-0.2, -0.15) is 0 Å². The summed E-state index contributed by atoms with van der Waals surface area (Å²) < 4.78 is 0. The van der Waals surface area contributed by atoms with E-state index in [-0.39, 0.29) is 0 Å². The predicted octanol–water partition coefficient (Wildman–Crippen LogP) is 1.62. The Hall–Kier alpha value is -1.16. The average molecular weight is 208 g/mol. The van der Waals surface area contributed by atoms with Crippen LogP contribution < -0.4 is 10.6 Å². The van der Waals surface area contributed by atoms with Crippen LogP contribution in [-0.2, 0) is 0 Å². The zero-order chi connectivity index (χ0) is 11.1. The van der Waals surface area contributed by atoms with Crippen molar-refractivity contribution in [3.05, 3.63) is 18.0 Å². The van der Waals surface area contributed by atoms with E-state index in [1.54, 1.807) is 0 Å². The summed E-state index contributed by atoms with van der Waals surface area (Å²) in [7, 11) is 1.95. The van der Waals surface area contributed by atoms with Crippen molar-refractivity contribution in [3.8, 4) is 0 Å². The van der Waals surface area contributed by atoms with Crippen molar-refractivity contribution in [2.45, 2.75) is 26.2 Å². The summed E-state index contributed by atoms with van der Waals surface area (Å²) in [6, 6.07) is 0. The van der Waals surface area contributed by atoms with Crippen molar-refractivity contribution in [1.29, 1.82) is 0 Å². The fraction of sp³-hybridized carbons (Fsp3) is 0.636. The highest BCUT2D eigenvalue weighted by atomic mass is 15.1. The summed E-state index contributed by atoms with van der Waals surface area (Å²) in [6.07, 6.45) is 4.85. The minimum absolute atomic E-state index is 0.489. The van der Waals surface area contributed by atoms with E-state index >= 15 is 0 Å². The first-order valence-corrected chi connectivity index (χ1v) is 5.44. The van der Waals surface area contributed by atoms with Crippen LogP contribution in [0, 0.1) is 0 Å². The van der Waals surface area contributed by atoms with Crippen LogP contribution in [-0.4, -0.2) is 30.1 Å². The molecule has 0 atom stereocenters. The van der Waals surface area contributed by atoms with Crippen LogP contribution in [0.2, 0.25) is 0 Å². The second-order valence-corrected chi connectivity index (χ2v) is 3.88. The van der Waals surface area contributed by atoms with E-state index in [0.717, 1.165) is 25.5 Å². The maximum absolute atomic E-state index is 4.25. The van der Waals surface area contributed by atoms with Gasteiger partial charge in [-0.15, -0.1) is 0 Å². The molecule has 0 bridgehead atoms. The Morgan fingerprint density at radius 2 is 1.87 bits per heavy atom. The summed E-state index contributed by atoms with van der Waals surface area (Å²) in [4.78, 5) is 8.51. The van der Waals surface area contributed by atoms with Crippen molar-refractivity contribution in [2.24, 2.45) is 0 Å². The number of nitrogens with zero attached hydrogens (tertiary/aromatic N) is 2. The third kappa shape index (κ3) is 4.25. The molecular weight excluding hydrogens is 188 g/mol. The van der Waals surface area contributed by atoms with E-state index in [9.17, 15) is 0 Å². The molecule has 0 unspecified atom stereocenters. The van der Waals surface area contributed by atoms with Gasteiger partial charge in [0.1, 0.15) is 0 Å². The fourth-order valence-electron chi connectivity index (χ4n) is 1.19. The van der Waals surface area contributed by atoms with Crippen molar-refractivity contribution in [3.63, 3.8) is 0 Å². The molecule has 2 N–H and O–H groups in total. The third-order valence-corrected chi connectivity index (χ3v) is 2.23. The fourth-order valence-corrected chi connectivity index (χ4v) is 1.19. The lowest BCUT2D eigenvalue weighted by Crippen LogP contribution is -2.14. The van der Waals surface area contributed by atoms with Gasteiger partial charge in [0.05, 0.1) is 0 Å². The second kappa shape index (κ2) is 6.35. The van der Waals surface area contributed by atoms with Gasteiger partial charge in [0.15, 0.2) is 0 Å². The van der Waals surface area contributed by atoms with Gasteiger partial charge in [0.25, 0.3) is 0 Å². The SMILES string of the molecule is CNCCCNc1ncc(C(C)C)cn1. The van der Waals surface area contributed by atoms with Crippen molar-refractivity contribution < 1.29 is 0 Å². The Bertz CT molecular complexity index is 268. The van der Waals surface area contributed by atoms with Crippen LogP contribution in [0.25, 0.3) is 0 Å². The molecule has 0 amide bonds. The first kappa shape index (κ1) is 11.9. The number of hydrogen-bond donors (Lipinski definition) is 2. The largest absolute Gasteiger partial charge is 0.354 e. The van der Waals surface area contributed by atoms with Crippen LogP contribution in [0.4, 0.5) is 5.95 Å². The number of nitrogens with one attached hydrogen (secondary N) is 2. The Kier molecular flexibility index (Phi) is 5.04. The van der Waals surface area contributed by atoms with E-state index in [4.69, 9.17) is 0 Å². The van der Waals surface area contributed by atoms with Gasteiger partial charge in [-0.3, -0.25) is 0 Å². The van der Waals surface area contributed by atoms with Gasteiger partial charge < -0.3 is 10.6 Å². The van der Waals surface area contributed by atoms with Gasteiger partial charge in [-0.05, 0) is 31.5 Å². The van der Waals surface area contributed by atoms with Gasteiger partial charge >= 0.3 is 0 Å². The van der Waals surface area contributed by atoms with E-state index < -0.39 is 0 Å². The van der Waals surface area contributed by atoms with Crippen LogP contribution in [0.15, 0.2) is 12.4 Å². The van der Waals surface area contributed by atoms with Crippen LogP contribution in [0.3, 0.4) is 0 Å². The molecule has 0 aliphatic heterocycles. The monoisotopic (exact) mass is 208 g/mol. The van der Waals surface area contributed by atoms with Gasteiger partial charge in [-0.25, -0.2) is 9.97 Å². The molecule has 1 rings (SSSR count). The maximum Gasteiger partial charge on any atom is 0.222 e. The molecule has 0 saturated carbocycles. The summed E-state index contributed by atoms with van der Waals surface area (Å²) in [5, 5.41) is 6.28. The van der Waals surface area contributed by atoms with Crippen molar-refractivity contribution >= 4 is 5.95 Å². The minimum Gasteiger partial charge on any atom is -0.354 e. The summed E-state index contributed by atoms with van der Waals surface area (Å²) in [6.45, 7) is 6.19. The smallest absolute Gasteiger partial charge is 0.222 e. The normalized spacial score (nSPS) is 10.7. The van der Waals surface area contributed by atoms with Crippen LogP contribution in [0.1, 0.15) is 31.7 Å². The molecule has 0 fully saturated rings. The standard InChI is InChI=1S/C11H20N4/c1-9(2)10-7-14-11(15-8-10)13-6-4-5-12-3/h7-9,12H,4-6H2,1-3H3,(H,13,14,15). The molecular formula is C11H20N4. The maximum atomic E-state index is 4.25. The molecule has 15 heavy (non-hydrogen) atoms. The molecule has 4 heteroatoms. The Morgan fingerprint density at radius 3 is 2.40 bits per heavy atom. The molecule has 0 aliphatic carbocycles. The minimum atomic E-state index is 0.489. The molecule has 0 radical (unpaired) electrons. The van der Waals surface area contributed by atoms with Crippen molar-refractivity contribution in [2.75, 3.05) is 25.5 Å². The Labute approximate surface area is 91.5 Å². The Balaban J connectivity index is 2.36. The average Bonchev–Trinajstić information content (AvgIpc) is 2.25. The number of anilines is 1. The lowest BCUT2D eigenvalue weighted by atomic mass is 10.1. The molecule has 84 valence electrons.